The minimum absolute atomic E-state index is 0.148. The predicted octanol–water partition coefficient (Wildman–Crippen LogP) is 3.54. The number of anilines is 1. The van der Waals surface area contributed by atoms with Gasteiger partial charge in [-0.05, 0) is 43.0 Å². The number of rotatable bonds is 3. The van der Waals surface area contributed by atoms with Gasteiger partial charge in [-0.2, -0.15) is 0 Å². The van der Waals surface area contributed by atoms with E-state index in [9.17, 15) is 4.79 Å². The highest BCUT2D eigenvalue weighted by Gasteiger charge is 2.42. The molecular formula is C20H23ClN4O. The fourth-order valence-corrected chi connectivity index (χ4v) is 4.36. The van der Waals surface area contributed by atoms with Gasteiger partial charge in [0, 0.05) is 56.6 Å². The summed E-state index contributed by atoms with van der Waals surface area (Å²) in [6, 6.07) is 7.84. The van der Waals surface area contributed by atoms with E-state index < -0.39 is 0 Å². The van der Waals surface area contributed by atoms with E-state index >= 15 is 0 Å². The lowest BCUT2D eigenvalue weighted by Gasteiger charge is -2.48. The van der Waals surface area contributed by atoms with Crippen LogP contribution in [0, 0.1) is 5.41 Å². The smallest absolute Gasteiger partial charge is 0.222 e. The van der Waals surface area contributed by atoms with Crippen molar-refractivity contribution in [3.8, 4) is 0 Å². The van der Waals surface area contributed by atoms with Gasteiger partial charge >= 0.3 is 0 Å². The van der Waals surface area contributed by atoms with E-state index in [0.717, 1.165) is 50.3 Å². The second-order valence-corrected chi connectivity index (χ2v) is 7.91. The molecule has 2 fully saturated rings. The lowest BCUT2D eigenvalue weighted by molar-refractivity contribution is -0.138. The highest BCUT2D eigenvalue weighted by atomic mass is 35.5. The van der Waals surface area contributed by atoms with Crippen molar-refractivity contribution in [2.24, 2.45) is 5.41 Å². The Morgan fingerprint density at radius 2 is 2.08 bits per heavy atom. The first-order valence-corrected chi connectivity index (χ1v) is 9.55. The molecule has 0 saturated carbocycles. The van der Waals surface area contributed by atoms with Crippen molar-refractivity contribution in [1.82, 2.24) is 14.9 Å². The predicted molar refractivity (Wildman–Crippen MR) is 102 cm³/mol. The Kier molecular flexibility index (Phi) is 4.81. The van der Waals surface area contributed by atoms with E-state index in [1.54, 1.807) is 12.4 Å². The van der Waals surface area contributed by atoms with Crippen molar-refractivity contribution < 1.29 is 4.79 Å². The van der Waals surface area contributed by atoms with E-state index in [0.29, 0.717) is 18.0 Å². The molecule has 4 rings (SSSR count). The number of pyridine rings is 2. The van der Waals surface area contributed by atoms with Crippen LogP contribution in [0.2, 0.25) is 5.02 Å². The number of likely N-dealkylation sites (tertiary alicyclic amines) is 1. The largest absolute Gasteiger partial charge is 0.356 e. The van der Waals surface area contributed by atoms with Crippen LogP contribution in [0.1, 0.15) is 31.2 Å². The number of hydrogen-bond acceptors (Lipinski definition) is 4. The first kappa shape index (κ1) is 17.3. The number of nitrogens with zero attached hydrogens (tertiary/aromatic N) is 4. The zero-order valence-electron chi connectivity index (χ0n) is 14.8. The van der Waals surface area contributed by atoms with E-state index in [2.05, 4.69) is 14.9 Å². The average molecular weight is 371 g/mol. The number of aromatic nitrogens is 2. The molecule has 0 aromatic carbocycles. The molecule has 2 aromatic rings. The van der Waals surface area contributed by atoms with E-state index in [4.69, 9.17) is 11.6 Å². The van der Waals surface area contributed by atoms with Crippen LogP contribution in [-0.2, 0) is 11.3 Å². The zero-order chi connectivity index (χ0) is 18.0. The van der Waals surface area contributed by atoms with Crippen molar-refractivity contribution in [1.29, 1.82) is 0 Å². The first-order valence-electron chi connectivity index (χ1n) is 9.17. The van der Waals surface area contributed by atoms with Gasteiger partial charge in [-0.3, -0.25) is 9.78 Å². The minimum Gasteiger partial charge on any atom is -0.356 e. The molecule has 0 N–H and O–H groups in total. The quantitative estimate of drug-likeness (QED) is 0.829. The van der Waals surface area contributed by atoms with Gasteiger partial charge in [0.25, 0.3) is 0 Å². The molecule has 1 amide bonds. The second kappa shape index (κ2) is 7.23. The summed E-state index contributed by atoms with van der Waals surface area (Å²) in [4.78, 5) is 25.5. The Hall–Kier alpha value is -2.14. The molecule has 2 aromatic heterocycles. The summed E-state index contributed by atoms with van der Waals surface area (Å²) in [5, 5.41) is 0.659. The number of carbonyl (C=O) groups is 1. The number of hydrogen-bond donors (Lipinski definition) is 0. The molecule has 4 heterocycles. The van der Waals surface area contributed by atoms with Gasteiger partial charge in [0.2, 0.25) is 5.91 Å². The van der Waals surface area contributed by atoms with Crippen molar-refractivity contribution in [2.75, 3.05) is 24.5 Å². The molecule has 0 aliphatic carbocycles. The molecule has 0 unspecified atom stereocenters. The summed E-state index contributed by atoms with van der Waals surface area (Å²) in [5.74, 6) is 1.23. The lowest BCUT2D eigenvalue weighted by atomic mass is 9.73. The van der Waals surface area contributed by atoms with Crippen molar-refractivity contribution in [3.05, 3.63) is 53.4 Å². The molecule has 0 radical (unpaired) electrons. The minimum atomic E-state index is 0.148. The normalized spacial score (nSPS) is 23.5. The van der Waals surface area contributed by atoms with Gasteiger partial charge in [0.1, 0.15) is 5.82 Å². The first-order chi connectivity index (χ1) is 12.6. The Labute approximate surface area is 159 Å². The molecule has 136 valence electrons. The number of piperidine rings is 2. The maximum Gasteiger partial charge on any atom is 0.222 e. The Bertz CT molecular complexity index is 767. The van der Waals surface area contributed by atoms with Crippen LogP contribution >= 0.6 is 11.6 Å². The van der Waals surface area contributed by atoms with E-state index in [1.165, 1.54) is 0 Å². The van der Waals surface area contributed by atoms with Crippen LogP contribution in [0.15, 0.2) is 42.9 Å². The third-order valence-corrected chi connectivity index (χ3v) is 5.77. The molecular weight excluding hydrogens is 348 g/mol. The van der Waals surface area contributed by atoms with Crippen LogP contribution in [0.3, 0.4) is 0 Å². The monoisotopic (exact) mass is 370 g/mol. The fraction of sp³-hybridized carbons (Fsp3) is 0.450. The highest BCUT2D eigenvalue weighted by Crippen LogP contribution is 2.40. The summed E-state index contributed by atoms with van der Waals surface area (Å²) in [5.41, 5.74) is 1.24. The summed E-state index contributed by atoms with van der Waals surface area (Å²) < 4.78 is 0. The van der Waals surface area contributed by atoms with Gasteiger partial charge in [-0.15, -0.1) is 0 Å². The fourth-order valence-electron chi connectivity index (χ4n) is 4.25. The summed E-state index contributed by atoms with van der Waals surface area (Å²) >= 11 is 5.97. The zero-order valence-corrected chi connectivity index (χ0v) is 15.5. The molecule has 2 aliphatic heterocycles. The van der Waals surface area contributed by atoms with Crippen LogP contribution in [-0.4, -0.2) is 40.4 Å². The van der Waals surface area contributed by atoms with E-state index in [-0.39, 0.29) is 11.3 Å². The molecule has 1 spiro atoms. The van der Waals surface area contributed by atoms with Crippen LogP contribution in [0.4, 0.5) is 5.82 Å². The summed E-state index contributed by atoms with van der Waals surface area (Å²) in [7, 11) is 0. The van der Waals surface area contributed by atoms with E-state index in [1.807, 2.05) is 35.4 Å². The Morgan fingerprint density at radius 3 is 2.85 bits per heavy atom. The molecule has 5 nitrogen and oxygen atoms in total. The second-order valence-electron chi connectivity index (χ2n) is 7.47. The third kappa shape index (κ3) is 3.68. The standard InChI is InChI=1S/C20H23ClN4O/c21-17-4-5-18(23-12-17)24-10-2-7-20(14-24)8-6-19(26)25(15-20)13-16-3-1-9-22-11-16/h1,3-5,9,11-12H,2,6-8,10,13-15H2/t20-/m0/s1. The van der Waals surface area contributed by atoms with Crippen molar-refractivity contribution in [3.63, 3.8) is 0 Å². The van der Waals surface area contributed by atoms with Gasteiger partial charge in [0.15, 0.2) is 0 Å². The average Bonchev–Trinajstić information content (AvgIpc) is 2.67. The third-order valence-electron chi connectivity index (χ3n) is 5.54. The molecule has 2 aliphatic rings. The highest BCUT2D eigenvalue weighted by molar-refractivity contribution is 6.30. The SMILES string of the molecule is O=C1CC[C@]2(CCCN(c3ccc(Cl)cn3)C2)CN1Cc1cccnc1. The van der Waals surface area contributed by atoms with Crippen LogP contribution in [0.5, 0.6) is 0 Å². The summed E-state index contributed by atoms with van der Waals surface area (Å²) in [6.07, 6.45) is 9.19. The lowest BCUT2D eigenvalue weighted by Crippen LogP contribution is -2.54. The molecule has 2 saturated heterocycles. The van der Waals surface area contributed by atoms with Gasteiger partial charge in [0.05, 0.1) is 5.02 Å². The van der Waals surface area contributed by atoms with Gasteiger partial charge < -0.3 is 9.80 Å². The maximum absolute atomic E-state index is 12.5. The Balaban J connectivity index is 1.49. The number of halogens is 1. The van der Waals surface area contributed by atoms with Crippen molar-refractivity contribution >= 4 is 23.3 Å². The molecule has 1 atom stereocenters. The molecule has 0 bridgehead atoms. The number of carbonyl (C=O) groups excluding carboxylic acids is 1. The Morgan fingerprint density at radius 1 is 1.15 bits per heavy atom. The van der Waals surface area contributed by atoms with Crippen molar-refractivity contribution in [2.45, 2.75) is 32.2 Å². The molecule has 26 heavy (non-hydrogen) atoms. The molecule has 6 heteroatoms. The number of amides is 1. The maximum atomic E-state index is 12.5. The topological polar surface area (TPSA) is 49.3 Å². The summed E-state index contributed by atoms with van der Waals surface area (Å²) in [6.45, 7) is 3.41. The van der Waals surface area contributed by atoms with Gasteiger partial charge in [-0.25, -0.2) is 4.98 Å². The van der Waals surface area contributed by atoms with Gasteiger partial charge in [-0.1, -0.05) is 17.7 Å². The van der Waals surface area contributed by atoms with Crippen LogP contribution < -0.4 is 4.90 Å². The van der Waals surface area contributed by atoms with Crippen LogP contribution in [0.25, 0.3) is 0 Å².